The number of rotatable bonds is 1. The molecule has 0 radical (unpaired) electrons. The molecule has 9 heavy (non-hydrogen) atoms. The monoisotopic (exact) mass is 195 g/mol. The maximum atomic E-state index is 10.2. The second-order valence-electron chi connectivity index (χ2n) is 1.13. The molecule has 0 amide bonds. The van der Waals surface area contributed by atoms with Gasteiger partial charge in [-0.2, -0.15) is 0 Å². The van der Waals surface area contributed by atoms with Crippen LogP contribution in [0.4, 0.5) is 0 Å². The molecule has 0 aliphatic carbocycles. The van der Waals surface area contributed by atoms with Gasteiger partial charge < -0.3 is 27.5 Å². The Kier molecular flexibility index (Phi) is 6.94. The van der Waals surface area contributed by atoms with Crippen LogP contribution in [0.2, 0.25) is 0 Å². The van der Waals surface area contributed by atoms with Gasteiger partial charge in [0.25, 0.3) is 0 Å². The molecule has 0 aliphatic rings. The molecular weight excluding hydrogens is 188 g/mol. The highest BCUT2D eigenvalue weighted by atomic mass is 79.9. The van der Waals surface area contributed by atoms with Crippen molar-refractivity contribution in [3.63, 3.8) is 0 Å². The molecule has 0 saturated carbocycles. The van der Waals surface area contributed by atoms with E-state index in [9.17, 15) is 4.79 Å². The fourth-order valence-electron chi connectivity index (χ4n) is 0.209. The number of carbonyl (C=O) groups is 1. The van der Waals surface area contributed by atoms with E-state index >= 15 is 0 Å². The summed E-state index contributed by atoms with van der Waals surface area (Å²) in [5.74, 6) is -1.31. The van der Waals surface area contributed by atoms with Crippen LogP contribution in [0.5, 0.6) is 0 Å². The summed E-state index contributed by atoms with van der Waals surface area (Å²) in [6.45, 7) is 1.92. The zero-order chi connectivity index (χ0) is 6.57. The first-order valence-corrected chi connectivity index (χ1v) is 2.19. The van der Waals surface area contributed by atoms with Gasteiger partial charge >= 0.3 is 5.97 Å². The van der Waals surface area contributed by atoms with Crippen LogP contribution in [0, 0.1) is 5.41 Å². The average molecular weight is 196 g/mol. The average Bonchev–Trinajstić information content (AvgIpc) is 1.67. The molecule has 0 rings (SSSR count). The Morgan fingerprint density at radius 3 is 2.33 bits per heavy atom. The minimum absolute atomic E-state index is 0. The second kappa shape index (κ2) is 5.55. The van der Waals surface area contributed by atoms with E-state index in [2.05, 4.69) is 4.74 Å². The number of halogens is 1. The number of hydrogen-bond donors (Lipinski definition) is 2. The topological polar surface area (TPSA) is 76.2 Å². The third kappa shape index (κ3) is 5.29. The summed E-state index contributed by atoms with van der Waals surface area (Å²) >= 11 is 0. The van der Waals surface area contributed by atoms with Gasteiger partial charge in [-0.1, -0.05) is 0 Å². The number of nitrogens with one attached hydrogen (secondary N) is 1. The second-order valence-corrected chi connectivity index (χ2v) is 1.13. The summed E-state index contributed by atoms with van der Waals surface area (Å²) in [7, 11) is 0. The van der Waals surface area contributed by atoms with E-state index in [0.717, 1.165) is 0 Å². The van der Waals surface area contributed by atoms with E-state index in [4.69, 9.17) is 11.1 Å². The number of amidine groups is 1. The molecule has 0 spiro atoms. The fourth-order valence-corrected chi connectivity index (χ4v) is 0.209. The minimum atomic E-state index is -0.757. The van der Waals surface area contributed by atoms with E-state index in [0.29, 0.717) is 0 Å². The van der Waals surface area contributed by atoms with Crippen LogP contribution in [0.1, 0.15) is 6.92 Å². The molecule has 0 bridgehead atoms. The number of nitrogens with two attached hydrogens (primary N) is 1. The normalized spacial score (nSPS) is 7.22. The SMILES string of the molecule is CCOC(=O)C(=N)N.[Br-]. The lowest BCUT2D eigenvalue weighted by atomic mass is 10.6. The van der Waals surface area contributed by atoms with Crippen molar-refractivity contribution in [2.45, 2.75) is 6.92 Å². The number of esters is 1. The maximum absolute atomic E-state index is 10.2. The Labute approximate surface area is 63.6 Å². The summed E-state index contributed by atoms with van der Waals surface area (Å²) in [6, 6.07) is 0. The van der Waals surface area contributed by atoms with Crippen LogP contribution < -0.4 is 22.7 Å². The molecule has 0 aromatic carbocycles. The van der Waals surface area contributed by atoms with Crippen LogP contribution in [0.15, 0.2) is 0 Å². The largest absolute Gasteiger partial charge is 1.00 e. The highest BCUT2D eigenvalue weighted by molar-refractivity contribution is 6.33. The number of ether oxygens (including phenoxy) is 1. The fraction of sp³-hybridized carbons (Fsp3) is 0.500. The summed E-state index contributed by atoms with van der Waals surface area (Å²) in [4.78, 5) is 10.2. The van der Waals surface area contributed by atoms with E-state index in [1.807, 2.05) is 0 Å². The zero-order valence-electron chi connectivity index (χ0n) is 4.98. The van der Waals surface area contributed by atoms with E-state index in [1.165, 1.54) is 0 Å². The number of carbonyl (C=O) groups excluding carboxylic acids is 1. The van der Waals surface area contributed by atoms with Gasteiger partial charge in [-0.15, -0.1) is 0 Å². The van der Waals surface area contributed by atoms with Crippen molar-refractivity contribution in [3.8, 4) is 0 Å². The Bertz CT molecular complexity index is 115. The third-order valence-corrected chi connectivity index (χ3v) is 0.495. The molecule has 0 heterocycles. The summed E-state index contributed by atoms with van der Waals surface area (Å²) in [5, 5.41) is 6.51. The van der Waals surface area contributed by atoms with Crippen molar-refractivity contribution in [3.05, 3.63) is 0 Å². The van der Waals surface area contributed by atoms with Gasteiger partial charge in [0, 0.05) is 0 Å². The van der Waals surface area contributed by atoms with Crippen molar-refractivity contribution in [2.75, 3.05) is 6.61 Å². The summed E-state index contributed by atoms with van der Waals surface area (Å²) in [6.07, 6.45) is 0. The van der Waals surface area contributed by atoms with Gasteiger partial charge in [0.05, 0.1) is 6.61 Å². The Morgan fingerprint density at radius 2 is 2.22 bits per heavy atom. The summed E-state index contributed by atoms with van der Waals surface area (Å²) < 4.78 is 4.31. The zero-order valence-corrected chi connectivity index (χ0v) is 6.56. The van der Waals surface area contributed by atoms with Gasteiger partial charge in [-0.3, -0.25) is 5.41 Å². The van der Waals surface area contributed by atoms with E-state index in [1.54, 1.807) is 6.92 Å². The standard InChI is InChI=1S/C4H8N2O2.BrH/c1-2-8-4(7)3(5)6;/h2H2,1H3,(H3,5,6);1H/p-1. The molecular formula is C4H8BrN2O2-. The highest BCUT2D eigenvalue weighted by Crippen LogP contribution is 1.73. The van der Waals surface area contributed by atoms with Crippen molar-refractivity contribution in [1.82, 2.24) is 0 Å². The lowest BCUT2D eigenvalue weighted by Crippen LogP contribution is -3.00. The van der Waals surface area contributed by atoms with Gasteiger partial charge in [0.1, 0.15) is 0 Å². The van der Waals surface area contributed by atoms with Crippen molar-refractivity contribution >= 4 is 11.8 Å². The van der Waals surface area contributed by atoms with Gasteiger partial charge in [-0.25, -0.2) is 4.79 Å². The predicted octanol–water partition coefficient (Wildman–Crippen LogP) is -3.51. The third-order valence-electron chi connectivity index (χ3n) is 0.495. The molecule has 0 aromatic rings. The van der Waals surface area contributed by atoms with Crippen molar-refractivity contribution in [1.29, 1.82) is 5.41 Å². The summed E-state index contributed by atoms with van der Waals surface area (Å²) in [5.41, 5.74) is 4.73. The molecule has 3 N–H and O–H groups in total. The molecule has 0 aromatic heterocycles. The van der Waals surface area contributed by atoms with Crippen molar-refractivity contribution in [2.24, 2.45) is 5.73 Å². The Balaban J connectivity index is 0. The predicted molar refractivity (Wildman–Crippen MR) is 28.5 cm³/mol. The first kappa shape index (κ1) is 11.2. The lowest BCUT2D eigenvalue weighted by molar-refractivity contribution is -0.135. The van der Waals surface area contributed by atoms with Gasteiger partial charge in [0.15, 0.2) is 0 Å². The molecule has 54 valence electrons. The van der Waals surface area contributed by atoms with E-state index in [-0.39, 0.29) is 23.6 Å². The Hall–Kier alpha value is -0.580. The lowest BCUT2D eigenvalue weighted by Gasteiger charge is -1.95. The van der Waals surface area contributed by atoms with Crippen LogP contribution in [0.3, 0.4) is 0 Å². The number of hydrogen-bond acceptors (Lipinski definition) is 3. The highest BCUT2D eigenvalue weighted by Gasteiger charge is 2.01. The quantitative estimate of drug-likeness (QED) is 0.259. The van der Waals surface area contributed by atoms with Crippen LogP contribution in [-0.4, -0.2) is 18.4 Å². The maximum Gasteiger partial charge on any atom is 0.373 e. The van der Waals surface area contributed by atoms with Crippen molar-refractivity contribution < 1.29 is 26.5 Å². The first-order chi connectivity index (χ1) is 3.68. The molecule has 0 atom stereocenters. The molecule has 0 aliphatic heterocycles. The minimum Gasteiger partial charge on any atom is -1.00 e. The molecule has 0 unspecified atom stereocenters. The Morgan fingerprint density at radius 1 is 1.78 bits per heavy atom. The van der Waals surface area contributed by atoms with E-state index < -0.39 is 11.8 Å². The molecule has 0 saturated heterocycles. The van der Waals surface area contributed by atoms with Gasteiger partial charge in [0.2, 0.25) is 5.84 Å². The first-order valence-electron chi connectivity index (χ1n) is 2.19. The smallest absolute Gasteiger partial charge is 0.373 e. The van der Waals surface area contributed by atoms with Crippen LogP contribution in [0.25, 0.3) is 0 Å². The molecule has 0 fully saturated rings. The molecule has 5 heteroatoms. The molecule has 4 nitrogen and oxygen atoms in total. The van der Waals surface area contributed by atoms with Crippen LogP contribution >= 0.6 is 0 Å². The van der Waals surface area contributed by atoms with Crippen LogP contribution in [-0.2, 0) is 9.53 Å². The van der Waals surface area contributed by atoms with Gasteiger partial charge in [-0.05, 0) is 6.92 Å².